The van der Waals surface area contributed by atoms with Crippen molar-refractivity contribution in [1.29, 1.82) is 0 Å². The molecule has 5 nitrogen and oxygen atoms in total. The first kappa shape index (κ1) is 14.6. The van der Waals surface area contributed by atoms with Crippen molar-refractivity contribution in [2.45, 2.75) is 12.8 Å². The average molecular weight is 289 g/mol. The Morgan fingerprint density at radius 3 is 2.33 bits per heavy atom. The Morgan fingerprint density at radius 1 is 1.05 bits per heavy atom. The van der Waals surface area contributed by atoms with Crippen molar-refractivity contribution in [3.63, 3.8) is 0 Å². The van der Waals surface area contributed by atoms with E-state index in [2.05, 4.69) is 0 Å². The molecule has 0 aliphatic carbocycles. The minimum absolute atomic E-state index is 0.0123. The van der Waals surface area contributed by atoms with E-state index in [1.54, 1.807) is 18.2 Å². The van der Waals surface area contributed by atoms with Gasteiger partial charge in [0, 0.05) is 6.42 Å². The fraction of sp³-hybridized carbons (Fsp3) is 0.133. The fourth-order valence-corrected chi connectivity index (χ4v) is 1.75. The first-order valence-corrected chi connectivity index (χ1v) is 6.14. The number of amides is 1. The summed E-state index contributed by atoms with van der Waals surface area (Å²) in [4.78, 5) is 33.4. The number of carbonyl (C=O) groups excluding carboxylic acids is 3. The minimum Gasteiger partial charge on any atom is -0.458 e. The maximum absolute atomic E-state index is 12.8. The largest absolute Gasteiger partial charge is 0.458 e. The van der Waals surface area contributed by atoms with Gasteiger partial charge in [-0.3, -0.25) is 14.4 Å². The number of nitrogens with two attached hydrogens (primary N) is 1. The van der Waals surface area contributed by atoms with Crippen LogP contribution < -0.4 is 5.73 Å². The van der Waals surface area contributed by atoms with Gasteiger partial charge in [0.05, 0.1) is 6.42 Å². The van der Waals surface area contributed by atoms with E-state index in [4.69, 9.17) is 10.2 Å². The van der Waals surface area contributed by atoms with Gasteiger partial charge in [-0.1, -0.05) is 12.1 Å². The first-order valence-electron chi connectivity index (χ1n) is 6.14. The molecule has 0 saturated carbocycles. The maximum atomic E-state index is 12.8. The summed E-state index contributed by atoms with van der Waals surface area (Å²) in [5.41, 5.74) is 5.60. The van der Waals surface area contributed by atoms with E-state index in [9.17, 15) is 18.8 Å². The van der Waals surface area contributed by atoms with Crippen LogP contribution in [0, 0.1) is 5.82 Å². The lowest BCUT2D eigenvalue weighted by Gasteiger charge is -1.98. The second kappa shape index (κ2) is 6.13. The number of rotatable bonds is 6. The lowest BCUT2D eigenvalue weighted by Crippen LogP contribution is -2.25. The molecule has 0 bridgehead atoms. The molecule has 0 aliphatic heterocycles. The summed E-state index contributed by atoms with van der Waals surface area (Å²) in [6.45, 7) is 0. The van der Waals surface area contributed by atoms with Crippen LogP contribution >= 0.6 is 0 Å². The van der Waals surface area contributed by atoms with Gasteiger partial charge in [-0.25, -0.2) is 4.39 Å². The van der Waals surface area contributed by atoms with Gasteiger partial charge in [0.1, 0.15) is 11.6 Å². The fourth-order valence-electron chi connectivity index (χ4n) is 1.75. The van der Waals surface area contributed by atoms with Gasteiger partial charge in [0.2, 0.25) is 11.6 Å². The monoisotopic (exact) mass is 289 g/mol. The Balaban J connectivity index is 2.04. The van der Waals surface area contributed by atoms with Crippen LogP contribution in [-0.2, 0) is 16.0 Å². The van der Waals surface area contributed by atoms with Gasteiger partial charge in [-0.2, -0.15) is 0 Å². The van der Waals surface area contributed by atoms with Crippen LogP contribution in [0.5, 0.6) is 0 Å². The van der Waals surface area contributed by atoms with Crippen LogP contribution in [-0.4, -0.2) is 17.5 Å². The van der Waals surface area contributed by atoms with Gasteiger partial charge >= 0.3 is 0 Å². The predicted octanol–water partition coefficient (Wildman–Crippen LogP) is 1.64. The van der Waals surface area contributed by atoms with Crippen LogP contribution in [0.15, 0.2) is 40.8 Å². The smallest absolute Gasteiger partial charge is 0.285 e. The maximum Gasteiger partial charge on any atom is 0.285 e. The number of Topliss-reactive ketones (excluding diaryl/α,β-unsaturated/α-hetero) is 2. The van der Waals surface area contributed by atoms with Gasteiger partial charge in [0.15, 0.2) is 5.76 Å². The van der Waals surface area contributed by atoms with Crippen molar-refractivity contribution in [2.24, 2.45) is 5.73 Å². The van der Waals surface area contributed by atoms with Crippen molar-refractivity contribution in [3.05, 3.63) is 59.3 Å². The summed E-state index contributed by atoms with van der Waals surface area (Å²) >= 11 is 0. The molecular formula is C15H12FNO4. The molecule has 1 heterocycles. The van der Waals surface area contributed by atoms with Crippen molar-refractivity contribution in [2.75, 3.05) is 0 Å². The molecule has 0 spiro atoms. The normalized spacial score (nSPS) is 10.3. The number of hydrogen-bond donors (Lipinski definition) is 1. The van der Waals surface area contributed by atoms with Crippen LogP contribution in [0.4, 0.5) is 4.39 Å². The molecule has 1 aromatic heterocycles. The highest BCUT2D eigenvalue weighted by atomic mass is 19.1. The molecule has 2 rings (SSSR count). The van der Waals surface area contributed by atoms with Crippen LogP contribution in [0.1, 0.15) is 28.3 Å². The zero-order chi connectivity index (χ0) is 15.4. The van der Waals surface area contributed by atoms with Gasteiger partial charge < -0.3 is 10.2 Å². The molecule has 0 saturated heterocycles. The molecule has 0 atom stereocenters. The molecule has 1 amide bonds. The third kappa shape index (κ3) is 3.85. The lowest BCUT2D eigenvalue weighted by atomic mass is 10.1. The van der Waals surface area contributed by atoms with Crippen molar-refractivity contribution in [3.8, 4) is 0 Å². The molecule has 0 unspecified atom stereocenters. The first-order chi connectivity index (χ1) is 9.95. The molecule has 0 radical (unpaired) electrons. The highest BCUT2D eigenvalue weighted by Gasteiger charge is 2.19. The van der Waals surface area contributed by atoms with Crippen LogP contribution in [0.3, 0.4) is 0 Å². The molecule has 6 heteroatoms. The number of primary amides is 1. The van der Waals surface area contributed by atoms with E-state index in [0.29, 0.717) is 12.2 Å². The van der Waals surface area contributed by atoms with E-state index < -0.39 is 23.9 Å². The molecule has 21 heavy (non-hydrogen) atoms. The minimum atomic E-state index is -1.15. The third-order valence-electron chi connectivity index (χ3n) is 2.82. The third-order valence-corrected chi connectivity index (χ3v) is 2.82. The molecule has 2 N–H and O–H groups in total. The van der Waals surface area contributed by atoms with Crippen LogP contribution in [0.25, 0.3) is 0 Å². The summed E-state index contributed by atoms with van der Waals surface area (Å²) in [6.07, 6.45) is -0.226. The van der Waals surface area contributed by atoms with E-state index in [1.807, 2.05) is 0 Å². The van der Waals surface area contributed by atoms with E-state index in [-0.39, 0.29) is 11.6 Å². The topological polar surface area (TPSA) is 90.4 Å². The number of furan rings is 1. The van der Waals surface area contributed by atoms with Gasteiger partial charge in [-0.05, 0) is 29.8 Å². The summed E-state index contributed by atoms with van der Waals surface area (Å²) in [6, 6.07) is 8.89. The second-order valence-corrected chi connectivity index (χ2v) is 4.46. The molecule has 0 aliphatic rings. The predicted molar refractivity (Wildman–Crippen MR) is 71.1 cm³/mol. The summed E-state index contributed by atoms with van der Waals surface area (Å²) in [5.74, 6) is -2.57. The Kier molecular flexibility index (Phi) is 4.27. The molecule has 0 fully saturated rings. The highest BCUT2D eigenvalue weighted by Crippen LogP contribution is 2.15. The second-order valence-electron chi connectivity index (χ2n) is 4.46. The van der Waals surface area contributed by atoms with Gasteiger partial charge in [0.25, 0.3) is 5.91 Å². The van der Waals surface area contributed by atoms with Crippen molar-refractivity contribution in [1.82, 2.24) is 0 Å². The standard InChI is InChI=1S/C15H12FNO4/c16-10-3-1-9(2-4-10)7-11-5-6-14(21-11)12(18)8-13(19)15(17)20/h1-6H,7-8H2,(H2,17,20). The SMILES string of the molecule is NC(=O)C(=O)CC(=O)c1ccc(Cc2ccc(F)cc2)o1. The summed E-state index contributed by atoms with van der Waals surface area (Å²) < 4.78 is 18.1. The van der Waals surface area contributed by atoms with E-state index in [0.717, 1.165) is 5.56 Å². The van der Waals surface area contributed by atoms with Crippen molar-refractivity contribution < 1.29 is 23.2 Å². The Labute approximate surface area is 119 Å². The Bertz CT molecular complexity index is 688. The van der Waals surface area contributed by atoms with Crippen LogP contribution in [0.2, 0.25) is 0 Å². The summed E-state index contributed by atoms with van der Waals surface area (Å²) in [5, 5.41) is 0. The number of carbonyl (C=O) groups is 3. The number of ketones is 2. The van der Waals surface area contributed by atoms with E-state index in [1.165, 1.54) is 18.2 Å². The Hall–Kier alpha value is -2.76. The number of halogens is 1. The molecule has 1 aromatic carbocycles. The number of benzene rings is 1. The quantitative estimate of drug-likeness (QED) is 0.497. The number of hydrogen-bond acceptors (Lipinski definition) is 4. The highest BCUT2D eigenvalue weighted by molar-refractivity contribution is 6.39. The Morgan fingerprint density at radius 2 is 1.71 bits per heavy atom. The summed E-state index contributed by atoms with van der Waals surface area (Å²) in [7, 11) is 0. The lowest BCUT2D eigenvalue weighted by molar-refractivity contribution is -0.135. The molecule has 2 aromatic rings. The van der Waals surface area contributed by atoms with Crippen molar-refractivity contribution >= 4 is 17.5 Å². The zero-order valence-electron chi connectivity index (χ0n) is 11.0. The average Bonchev–Trinajstić information content (AvgIpc) is 2.90. The van der Waals surface area contributed by atoms with E-state index >= 15 is 0 Å². The van der Waals surface area contributed by atoms with Gasteiger partial charge in [-0.15, -0.1) is 0 Å². The molecule has 108 valence electrons. The molecular weight excluding hydrogens is 277 g/mol. The zero-order valence-corrected chi connectivity index (χ0v) is 11.0.